The Morgan fingerprint density at radius 1 is 1.00 bits per heavy atom. The number of esters is 1. The summed E-state index contributed by atoms with van der Waals surface area (Å²) < 4.78 is 43.6. The van der Waals surface area contributed by atoms with Gasteiger partial charge in [0.05, 0.1) is 18.1 Å². The van der Waals surface area contributed by atoms with Crippen LogP contribution in [0.5, 0.6) is 5.75 Å². The molecule has 2 heterocycles. The van der Waals surface area contributed by atoms with Crippen molar-refractivity contribution in [3.05, 3.63) is 65.7 Å². The number of carbonyl (C=O) groups is 1. The number of hydrogen-bond acceptors (Lipinski definition) is 8. The first-order valence-electron chi connectivity index (χ1n) is 15.2. The van der Waals surface area contributed by atoms with Gasteiger partial charge in [0.25, 0.3) is 0 Å². The Morgan fingerprint density at radius 2 is 1.69 bits per heavy atom. The van der Waals surface area contributed by atoms with E-state index < -0.39 is 38.6 Å². The smallest absolute Gasteiger partial charge is 0.338 e. The fraction of sp³-hybridized carbons (Fsp3) is 0.606. The molecule has 0 spiro atoms. The fourth-order valence-electron chi connectivity index (χ4n) is 5.92. The zero-order chi connectivity index (χ0) is 30.1. The van der Waals surface area contributed by atoms with Crippen LogP contribution in [0, 0.1) is 11.8 Å². The summed E-state index contributed by atoms with van der Waals surface area (Å²) in [5, 5.41) is 0.0529. The molecule has 0 bridgehead atoms. The third-order valence-electron chi connectivity index (χ3n) is 9.29. The molecule has 3 fully saturated rings. The van der Waals surface area contributed by atoms with E-state index in [4.69, 9.17) is 32.8 Å². The zero-order valence-corrected chi connectivity index (χ0v) is 27.0. The molecule has 1 saturated carbocycles. The van der Waals surface area contributed by atoms with Gasteiger partial charge in [-0.3, -0.25) is 0 Å². The van der Waals surface area contributed by atoms with Gasteiger partial charge in [-0.1, -0.05) is 51.1 Å². The van der Waals surface area contributed by atoms with E-state index in [0.717, 1.165) is 5.56 Å². The summed E-state index contributed by atoms with van der Waals surface area (Å²) in [6.45, 7) is 16.9. The van der Waals surface area contributed by atoms with E-state index >= 15 is 0 Å². The van der Waals surface area contributed by atoms with Crippen LogP contribution < -0.4 is 4.74 Å². The lowest BCUT2D eigenvalue weighted by molar-refractivity contribution is -0.309. The monoisotopic (exact) mass is 598 g/mol. The molecular weight excluding hydrogens is 552 g/mol. The van der Waals surface area contributed by atoms with Gasteiger partial charge in [-0.2, -0.15) is 0 Å². The molecule has 1 aliphatic carbocycles. The molecule has 5 rings (SSSR count). The Hall–Kier alpha value is -2.27. The van der Waals surface area contributed by atoms with E-state index in [1.807, 2.05) is 44.2 Å². The van der Waals surface area contributed by atoms with Gasteiger partial charge in [0.2, 0.25) is 0 Å². The maximum Gasteiger partial charge on any atom is 0.338 e. The average molecular weight is 599 g/mol. The number of fused-ring (bicyclic) bond motifs is 3. The normalized spacial score (nSPS) is 30.4. The van der Waals surface area contributed by atoms with Crippen molar-refractivity contribution in [1.29, 1.82) is 0 Å². The summed E-state index contributed by atoms with van der Waals surface area (Å²) in [7, 11) is -2.06. The molecule has 230 valence electrons. The third kappa shape index (κ3) is 6.32. The molecular formula is C33H46O8Si. The Morgan fingerprint density at radius 3 is 2.33 bits per heavy atom. The van der Waals surface area contributed by atoms with Crippen molar-refractivity contribution in [3.8, 4) is 5.75 Å². The molecule has 2 saturated heterocycles. The Bertz CT molecular complexity index is 1200. The van der Waals surface area contributed by atoms with Gasteiger partial charge in [0, 0.05) is 25.6 Å². The quantitative estimate of drug-likeness (QED) is 0.159. The standard InChI is InChI=1S/C33H46O8Si/c1-8-35-26-19-25-27(31(39-26)36-9-2)33(21-38-42(6,7)32(3,4)5)29(41-33)28(25)40-30(34)23-15-17-24(18-16-23)37-20-22-13-11-10-12-14-22/h10-18,25-29,31H,8-9,19-21H2,1-7H3/t25-,26-,27-,28-,29-,31-,33+/m1/s1. The maximum atomic E-state index is 13.5. The van der Waals surface area contributed by atoms with Crippen LogP contribution in [0.4, 0.5) is 0 Å². The van der Waals surface area contributed by atoms with Crippen LogP contribution in [0.25, 0.3) is 0 Å². The molecule has 0 N–H and O–H groups in total. The lowest BCUT2D eigenvalue weighted by atomic mass is 9.82. The summed E-state index contributed by atoms with van der Waals surface area (Å²) in [5.74, 6) is 0.103. The predicted molar refractivity (Wildman–Crippen MR) is 161 cm³/mol. The van der Waals surface area contributed by atoms with Crippen molar-refractivity contribution >= 4 is 14.3 Å². The summed E-state index contributed by atoms with van der Waals surface area (Å²) in [6, 6.07) is 17.0. The first-order chi connectivity index (χ1) is 20.0. The van der Waals surface area contributed by atoms with Crippen molar-refractivity contribution in [2.75, 3.05) is 19.8 Å². The van der Waals surface area contributed by atoms with Gasteiger partial charge in [-0.25, -0.2) is 4.79 Å². The first-order valence-corrected chi connectivity index (χ1v) is 18.1. The SMILES string of the molecule is CCO[C@H]1C[C@H]2[C@@H](OC(=O)c3ccc(OCc4ccccc4)cc3)[C@H]3O[C@@]3(CO[Si](C)(C)C(C)(C)C)[C@H]2[C@H](OCC)O1. The van der Waals surface area contributed by atoms with E-state index in [-0.39, 0.29) is 23.0 Å². The second-order valence-electron chi connectivity index (χ2n) is 13.0. The van der Waals surface area contributed by atoms with Crippen LogP contribution in [-0.2, 0) is 34.7 Å². The molecule has 8 nitrogen and oxygen atoms in total. The van der Waals surface area contributed by atoms with Gasteiger partial charge in [-0.15, -0.1) is 0 Å². The number of hydrogen-bond donors (Lipinski definition) is 0. The van der Waals surface area contributed by atoms with E-state index in [2.05, 4.69) is 33.9 Å². The van der Waals surface area contributed by atoms with Gasteiger partial charge < -0.3 is 32.8 Å². The van der Waals surface area contributed by atoms with Gasteiger partial charge in [0.15, 0.2) is 20.9 Å². The van der Waals surface area contributed by atoms with Gasteiger partial charge in [0.1, 0.15) is 30.2 Å². The highest BCUT2D eigenvalue weighted by atomic mass is 28.4. The third-order valence-corrected chi connectivity index (χ3v) is 13.8. The average Bonchev–Trinajstić information content (AvgIpc) is 3.62. The molecule has 0 aromatic heterocycles. The summed E-state index contributed by atoms with van der Waals surface area (Å²) in [5.41, 5.74) is 0.913. The molecule has 0 radical (unpaired) electrons. The minimum Gasteiger partial charge on any atom is -0.489 e. The molecule has 42 heavy (non-hydrogen) atoms. The molecule has 2 aromatic carbocycles. The molecule has 0 amide bonds. The number of benzene rings is 2. The van der Waals surface area contributed by atoms with Crippen LogP contribution >= 0.6 is 0 Å². The molecule has 9 heteroatoms. The van der Waals surface area contributed by atoms with E-state index in [9.17, 15) is 4.79 Å². The van der Waals surface area contributed by atoms with E-state index in [1.165, 1.54) is 0 Å². The van der Waals surface area contributed by atoms with Crippen molar-refractivity contribution < 1.29 is 37.6 Å². The lowest BCUT2D eigenvalue weighted by Gasteiger charge is -2.43. The van der Waals surface area contributed by atoms with Gasteiger partial charge >= 0.3 is 5.97 Å². The highest BCUT2D eigenvalue weighted by molar-refractivity contribution is 6.74. The predicted octanol–water partition coefficient (Wildman–Crippen LogP) is 6.34. The van der Waals surface area contributed by atoms with Crippen LogP contribution in [0.3, 0.4) is 0 Å². The van der Waals surface area contributed by atoms with Crippen molar-refractivity contribution in [2.45, 2.75) is 96.2 Å². The number of ether oxygens (including phenoxy) is 6. The van der Waals surface area contributed by atoms with Crippen molar-refractivity contribution in [2.24, 2.45) is 11.8 Å². The lowest BCUT2D eigenvalue weighted by Crippen LogP contribution is -2.52. The van der Waals surface area contributed by atoms with Crippen LogP contribution in [0.15, 0.2) is 54.6 Å². The Balaban J connectivity index is 1.32. The molecule has 2 aromatic rings. The largest absolute Gasteiger partial charge is 0.489 e. The van der Waals surface area contributed by atoms with Crippen LogP contribution in [-0.4, -0.2) is 64.5 Å². The molecule has 3 aliphatic rings. The van der Waals surface area contributed by atoms with Gasteiger partial charge in [-0.05, 0) is 61.8 Å². The van der Waals surface area contributed by atoms with E-state index in [0.29, 0.717) is 44.2 Å². The zero-order valence-electron chi connectivity index (χ0n) is 26.0. The Labute approximate surface area is 251 Å². The highest BCUT2D eigenvalue weighted by Crippen LogP contribution is 2.62. The number of carbonyl (C=O) groups excluding carboxylic acids is 1. The molecule has 0 unspecified atom stereocenters. The minimum absolute atomic E-state index is 0.0500. The minimum atomic E-state index is -2.06. The molecule has 2 aliphatic heterocycles. The highest BCUT2D eigenvalue weighted by Gasteiger charge is 2.78. The van der Waals surface area contributed by atoms with Crippen molar-refractivity contribution in [1.82, 2.24) is 0 Å². The van der Waals surface area contributed by atoms with Crippen LogP contribution in [0.1, 0.15) is 57.0 Å². The Kier molecular flexibility index (Phi) is 9.18. The fourth-order valence-corrected chi connectivity index (χ4v) is 6.94. The van der Waals surface area contributed by atoms with Crippen LogP contribution in [0.2, 0.25) is 18.1 Å². The summed E-state index contributed by atoms with van der Waals surface area (Å²) in [4.78, 5) is 13.5. The summed E-state index contributed by atoms with van der Waals surface area (Å²) in [6.07, 6.45) is -1.14. The van der Waals surface area contributed by atoms with E-state index in [1.54, 1.807) is 24.3 Å². The number of epoxide rings is 1. The topological polar surface area (TPSA) is 85.0 Å². The van der Waals surface area contributed by atoms with Crippen molar-refractivity contribution in [3.63, 3.8) is 0 Å². The maximum absolute atomic E-state index is 13.5. The number of rotatable bonds is 12. The molecule has 7 atom stereocenters. The first kappa shape index (κ1) is 31.2. The second-order valence-corrected chi connectivity index (χ2v) is 17.8. The summed E-state index contributed by atoms with van der Waals surface area (Å²) >= 11 is 0. The second kappa shape index (κ2) is 12.4.